The Morgan fingerprint density at radius 3 is 2.37 bits per heavy atom. The van der Waals surface area contributed by atoms with Gasteiger partial charge in [-0.3, -0.25) is 11.3 Å². The van der Waals surface area contributed by atoms with E-state index in [1.165, 1.54) is 24.3 Å². The number of halogens is 3. The first kappa shape index (κ1) is 13.9. The van der Waals surface area contributed by atoms with Gasteiger partial charge in [0.05, 0.1) is 11.1 Å². The summed E-state index contributed by atoms with van der Waals surface area (Å²) in [6.45, 7) is 0. The zero-order chi connectivity index (χ0) is 13.8. The zero-order valence-corrected chi connectivity index (χ0v) is 10.8. The van der Waals surface area contributed by atoms with Crippen LogP contribution in [0.15, 0.2) is 42.5 Å². The molecule has 0 amide bonds. The van der Waals surface area contributed by atoms with E-state index in [1.807, 2.05) is 0 Å². The molecule has 0 aliphatic rings. The van der Waals surface area contributed by atoms with Crippen LogP contribution in [0.2, 0.25) is 5.02 Å². The predicted molar refractivity (Wildman–Crippen MR) is 71.6 cm³/mol. The first-order valence-electron chi connectivity index (χ1n) is 5.75. The molecule has 100 valence electrons. The van der Waals surface area contributed by atoms with Crippen LogP contribution in [-0.4, -0.2) is 0 Å². The highest BCUT2D eigenvalue weighted by atomic mass is 35.5. The van der Waals surface area contributed by atoms with Crippen LogP contribution in [0.25, 0.3) is 0 Å². The molecular weight excluding hydrogens is 270 g/mol. The summed E-state index contributed by atoms with van der Waals surface area (Å²) >= 11 is 5.75. The summed E-state index contributed by atoms with van der Waals surface area (Å²) in [5.74, 6) is 4.75. The highest BCUT2D eigenvalue weighted by Crippen LogP contribution is 2.23. The van der Waals surface area contributed by atoms with Crippen molar-refractivity contribution in [2.75, 3.05) is 0 Å². The van der Waals surface area contributed by atoms with Gasteiger partial charge in [0.15, 0.2) is 0 Å². The Kier molecular flexibility index (Phi) is 4.47. The fourth-order valence-corrected chi connectivity index (χ4v) is 2.05. The topological polar surface area (TPSA) is 38.0 Å². The summed E-state index contributed by atoms with van der Waals surface area (Å²) in [6.07, 6.45) is 0.554. The van der Waals surface area contributed by atoms with Crippen LogP contribution >= 0.6 is 11.6 Å². The Labute approximate surface area is 115 Å². The lowest BCUT2D eigenvalue weighted by molar-refractivity contribution is 0.548. The first-order chi connectivity index (χ1) is 9.10. The van der Waals surface area contributed by atoms with Gasteiger partial charge in [-0.1, -0.05) is 29.8 Å². The van der Waals surface area contributed by atoms with E-state index >= 15 is 0 Å². The lowest BCUT2D eigenvalue weighted by Gasteiger charge is -2.17. The Balaban J connectivity index is 2.19. The molecule has 2 rings (SSSR count). The van der Waals surface area contributed by atoms with Gasteiger partial charge in [0.25, 0.3) is 0 Å². The van der Waals surface area contributed by atoms with Gasteiger partial charge in [-0.15, -0.1) is 0 Å². The molecular formula is C14H13ClF2N2. The number of nitrogens with two attached hydrogens (primary N) is 1. The average Bonchev–Trinajstić information content (AvgIpc) is 2.41. The normalized spacial score (nSPS) is 12.4. The van der Waals surface area contributed by atoms with Gasteiger partial charge in [-0.2, -0.15) is 0 Å². The summed E-state index contributed by atoms with van der Waals surface area (Å²) < 4.78 is 25.9. The van der Waals surface area contributed by atoms with Crippen LogP contribution in [0.1, 0.15) is 17.2 Å². The fourth-order valence-electron chi connectivity index (χ4n) is 1.86. The minimum atomic E-state index is -0.469. The molecule has 19 heavy (non-hydrogen) atoms. The van der Waals surface area contributed by atoms with Crippen LogP contribution in [-0.2, 0) is 6.42 Å². The summed E-state index contributed by atoms with van der Waals surface area (Å²) in [5, 5.41) is 0.0526. The highest BCUT2D eigenvalue weighted by Gasteiger charge is 2.12. The van der Waals surface area contributed by atoms with Crippen molar-refractivity contribution < 1.29 is 8.78 Å². The van der Waals surface area contributed by atoms with Gasteiger partial charge in [0.2, 0.25) is 0 Å². The highest BCUT2D eigenvalue weighted by molar-refractivity contribution is 6.30. The molecule has 2 aromatic carbocycles. The number of rotatable bonds is 4. The molecule has 0 fully saturated rings. The minimum absolute atomic E-state index is 0.0526. The molecule has 0 saturated heterocycles. The molecule has 1 atom stereocenters. The Morgan fingerprint density at radius 2 is 1.79 bits per heavy atom. The molecule has 2 aromatic rings. The molecule has 0 aliphatic carbocycles. The van der Waals surface area contributed by atoms with E-state index in [4.69, 9.17) is 17.4 Å². The van der Waals surface area contributed by atoms with Crippen molar-refractivity contribution in [1.82, 2.24) is 5.43 Å². The molecule has 1 unspecified atom stereocenters. The van der Waals surface area contributed by atoms with Crippen LogP contribution < -0.4 is 11.3 Å². The van der Waals surface area contributed by atoms with Crippen LogP contribution in [0, 0.1) is 11.6 Å². The minimum Gasteiger partial charge on any atom is -0.271 e. The smallest absolute Gasteiger partial charge is 0.141 e. The Bertz CT molecular complexity index is 558. The predicted octanol–water partition coefficient (Wildman–Crippen LogP) is 3.37. The van der Waals surface area contributed by atoms with Crippen LogP contribution in [0.5, 0.6) is 0 Å². The quantitative estimate of drug-likeness (QED) is 0.666. The van der Waals surface area contributed by atoms with Gasteiger partial charge in [-0.05, 0) is 41.8 Å². The lowest BCUT2D eigenvalue weighted by atomic mass is 9.99. The van der Waals surface area contributed by atoms with Crippen molar-refractivity contribution >= 4 is 11.6 Å². The monoisotopic (exact) mass is 282 g/mol. The average molecular weight is 283 g/mol. The maximum Gasteiger partial charge on any atom is 0.141 e. The third-order valence-corrected chi connectivity index (χ3v) is 3.19. The zero-order valence-electron chi connectivity index (χ0n) is 10.0. The Morgan fingerprint density at radius 1 is 1.11 bits per heavy atom. The van der Waals surface area contributed by atoms with Gasteiger partial charge in [0, 0.05) is 0 Å². The fraction of sp³-hybridized carbons (Fsp3) is 0.143. The second-order valence-electron chi connectivity index (χ2n) is 4.22. The molecule has 2 nitrogen and oxygen atoms in total. The number of hydrogen-bond acceptors (Lipinski definition) is 2. The largest absolute Gasteiger partial charge is 0.271 e. The van der Waals surface area contributed by atoms with Crippen molar-refractivity contribution in [1.29, 1.82) is 0 Å². The summed E-state index contributed by atoms with van der Waals surface area (Å²) in [7, 11) is 0. The van der Waals surface area contributed by atoms with E-state index in [9.17, 15) is 8.78 Å². The molecule has 5 heteroatoms. The van der Waals surface area contributed by atoms with Crippen molar-refractivity contribution in [2.24, 2.45) is 5.84 Å². The van der Waals surface area contributed by atoms with E-state index < -0.39 is 5.82 Å². The van der Waals surface area contributed by atoms with E-state index in [-0.39, 0.29) is 16.9 Å². The molecule has 0 bridgehead atoms. The first-order valence-corrected chi connectivity index (χ1v) is 6.13. The standard InChI is InChI=1S/C14H13ClF2N2/c15-12-8-10(3-6-13(12)17)14(19-18)7-9-1-4-11(16)5-2-9/h1-6,8,14,19H,7,18H2. The summed E-state index contributed by atoms with van der Waals surface area (Å²) in [6, 6.07) is 10.4. The van der Waals surface area contributed by atoms with Gasteiger partial charge < -0.3 is 0 Å². The van der Waals surface area contributed by atoms with E-state index in [0.29, 0.717) is 6.42 Å². The lowest BCUT2D eigenvalue weighted by Crippen LogP contribution is -2.29. The van der Waals surface area contributed by atoms with E-state index in [2.05, 4.69) is 5.43 Å². The number of hydrogen-bond donors (Lipinski definition) is 2. The van der Waals surface area contributed by atoms with Gasteiger partial charge in [0.1, 0.15) is 11.6 Å². The SMILES string of the molecule is NNC(Cc1ccc(F)cc1)c1ccc(F)c(Cl)c1. The van der Waals surface area contributed by atoms with E-state index in [0.717, 1.165) is 11.1 Å². The van der Waals surface area contributed by atoms with Crippen molar-refractivity contribution in [3.63, 3.8) is 0 Å². The molecule has 0 spiro atoms. The second-order valence-corrected chi connectivity index (χ2v) is 4.63. The maximum absolute atomic E-state index is 13.1. The van der Waals surface area contributed by atoms with Crippen molar-refractivity contribution in [2.45, 2.75) is 12.5 Å². The van der Waals surface area contributed by atoms with Gasteiger partial charge >= 0.3 is 0 Å². The molecule has 0 radical (unpaired) electrons. The van der Waals surface area contributed by atoms with Crippen molar-refractivity contribution in [3.05, 3.63) is 70.2 Å². The van der Waals surface area contributed by atoms with Crippen LogP contribution in [0.4, 0.5) is 8.78 Å². The van der Waals surface area contributed by atoms with Crippen molar-refractivity contribution in [3.8, 4) is 0 Å². The molecule has 0 aromatic heterocycles. The number of hydrazine groups is 1. The summed E-state index contributed by atoms with van der Waals surface area (Å²) in [4.78, 5) is 0. The third-order valence-electron chi connectivity index (χ3n) is 2.90. The third kappa shape index (κ3) is 3.50. The van der Waals surface area contributed by atoms with Gasteiger partial charge in [-0.25, -0.2) is 8.78 Å². The summed E-state index contributed by atoms with van der Waals surface area (Å²) in [5.41, 5.74) is 4.35. The number of benzene rings is 2. The molecule has 3 N–H and O–H groups in total. The van der Waals surface area contributed by atoms with Crippen LogP contribution in [0.3, 0.4) is 0 Å². The second kappa shape index (κ2) is 6.10. The molecule has 0 saturated carbocycles. The Hall–Kier alpha value is -1.49. The number of nitrogens with one attached hydrogen (secondary N) is 1. The molecule has 0 heterocycles. The maximum atomic E-state index is 13.1. The van der Waals surface area contributed by atoms with E-state index in [1.54, 1.807) is 18.2 Å². The molecule has 0 aliphatic heterocycles.